The second-order valence-electron chi connectivity index (χ2n) is 5.64. The van der Waals surface area contributed by atoms with E-state index in [0.29, 0.717) is 6.42 Å². The van der Waals surface area contributed by atoms with Gasteiger partial charge in [-0.05, 0) is 12.0 Å². The van der Waals surface area contributed by atoms with Crippen molar-refractivity contribution in [1.29, 1.82) is 0 Å². The lowest BCUT2D eigenvalue weighted by atomic mass is 9.76. The molecule has 3 unspecified atom stereocenters. The SMILES string of the molecule is COC1=C(OC)C(OC(C)=O)C(Cc2ccccc2)C(C)C1=O. The van der Waals surface area contributed by atoms with E-state index in [2.05, 4.69) is 0 Å². The summed E-state index contributed by atoms with van der Waals surface area (Å²) < 4.78 is 16.0. The molecule has 5 nitrogen and oxygen atoms in total. The van der Waals surface area contributed by atoms with E-state index in [1.807, 2.05) is 37.3 Å². The van der Waals surface area contributed by atoms with Gasteiger partial charge in [0, 0.05) is 18.8 Å². The Bertz CT molecular complexity index is 605. The first kappa shape index (κ1) is 17.1. The molecule has 1 aliphatic rings. The van der Waals surface area contributed by atoms with Crippen molar-refractivity contribution >= 4 is 11.8 Å². The zero-order valence-electron chi connectivity index (χ0n) is 13.9. The molecule has 1 aromatic carbocycles. The van der Waals surface area contributed by atoms with Crippen molar-refractivity contribution in [3.8, 4) is 0 Å². The van der Waals surface area contributed by atoms with Gasteiger partial charge in [-0.1, -0.05) is 37.3 Å². The molecule has 0 heterocycles. The van der Waals surface area contributed by atoms with Crippen LogP contribution in [-0.4, -0.2) is 32.1 Å². The van der Waals surface area contributed by atoms with Crippen LogP contribution in [0.4, 0.5) is 0 Å². The zero-order valence-corrected chi connectivity index (χ0v) is 13.9. The number of esters is 1. The average Bonchev–Trinajstić information content (AvgIpc) is 2.54. The van der Waals surface area contributed by atoms with E-state index in [1.165, 1.54) is 21.1 Å². The molecule has 0 saturated carbocycles. The van der Waals surface area contributed by atoms with Crippen LogP contribution in [-0.2, 0) is 30.2 Å². The highest BCUT2D eigenvalue weighted by molar-refractivity contribution is 5.97. The molecule has 0 saturated heterocycles. The van der Waals surface area contributed by atoms with E-state index < -0.39 is 12.1 Å². The van der Waals surface area contributed by atoms with Gasteiger partial charge in [0.2, 0.25) is 11.5 Å². The van der Waals surface area contributed by atoms with Crippen molar-refractivity contribution in [2.24, 2.45) is 11.8 Å². The van der Waals surface area contributed by atoms with Crippen LogP contribution < -0.4 is 0 Å². The van der Waals surface area contributed by atoms with Gasteiger partial charge in [-0.15, -0.1) is 0 Å². The lowest BCUT2D eigenvalue weighted by molar-refractivity contribution is -0.153. The third kappa shape index (κ3) is 3.55. The van der Waals surface area contributed by atoms with Gasteiger partial charge in [-0.3, -0.25) is 9.59 Å². The molecule has 0 radical (unpaired) electrons. The molecule has 0 amide bonds. The van der Waals surface area contributed by atoms with Crippen LogP contribution in [0.5, 0.6) is 0 Å². The molecule has 23 heavy (non-hydrogen) atoms. The van der Waals surface area contributed by atoms with E-state index in [9.17, 15) is 9.59 Å². The number of carbonyl (C=O) groups is 2. The molecule has 0 aromatic heterocycles. The van der Waals surface area contributed by atoms with Crippen LogP contribution in [0.3, 0.4) is 0 Å². The van der Waals surface area contributed by atoms with Crippen LogP contribution in [0, 0.1) is 11.8 Å². The van der Waals surface area contributed by atoms with Gasteiger partial charge in [0.25, 0.3) is 0 Å². The Morgan fingerprint density at radius 2 is 1.78 bits per heavy atom. The standard InChI is InChI=1S/C18H22O5/c1-11-14(10-13-8-6-5-7-9-13)16(23-12(2)19)18(22-4)17(21-3)15(11)20/h5-9,11,14,16H,10H2,1-4H3. The number of ketones is 1. The predicted molar refractivity (Wildman–Crippen MR) is 84.4 cm³/mol. The summed E-state index contributed by atoms with van der Waals surface area (Å²) in [4.78, 5) is 24.1. The Hall–Kier alpha value is -2.30. The monoisotopic (exact) mass is 318 g/mol. The van der Waals surface area contributed by atoms with E-state index in [1.54, 1.807) is 0 Å². The van der Waals surface area contributed by atoms with Crippen molar-refractivity contribution in [1.82, 2.24) is 0 Å². The first-order chi connectivity index (χ1) is 11.0. The highest BCUT2D eigenvalue weighted by Gasteiger charge is 2.45. The van der Waals surface area contributed by atoms with Gasteiger partial charge in [0.05, 0.1) is 14.2 Å². The molecular formula is C18H22O5. The van der Waals surface area contributed by atoms with Gasteiger partial charge in [0.15, 0.2) is 11.9 Å². The molecule has 0 aliphatic heterocycles. The number of allylic oxidation sites excluding steroid dienone is 1. The summed E-state index contributed by atoms with van der Waals surface area (Å²) >= 11 is 0. The number of methoxy groups -OCH3 is 2. The average molecular weight is 318 g/mol. The molecule has 5 heteroatoms. The number of hydrogen-bond acceptors (Lipinski definition) is 5. The Labute approximate surface area is 136 Å². The first-order valence-corrected chi connectivity index (χ1v) is 7.57. The Morgan fingerprint density at radius 1 is 1.13 bits per heavy atom. The number of Topliss-reactive ketones (excluding diaryl/α,β-unsaturated/α-hetero) is 1. The van der Waals surface area contributed by atoms with Gasteiger partial charge < -0.3 is 14.2 Å². The summed E-state index contributed by atoms with van der Waals surface area (Å²) in [5, 5.41) is 0. The molecule has 1 aliphatic carbocycles. The maximum Gasteiger partial charge on any atom is 0.303 e. The highest BCUT2D eigenvalue weighted by atomic mass is 16.6. The van der Waals surface area contributed by atoms with Gasteiger partial charge >= 0.3 is 5.97 Å². The smallest absolute Gasteiger partial charge is 0.303 e. The predicted octanol–water partition coefficient (Wildman–Crippen LogP) is 2.50. The quantitative estimate of drug-likeness (QED) is 0.781. The fraction of sp³-hybridized carbons (Fsp3) is 0.444. The van der Waals surface area contributed by atoms with E-state index in [0.717, 1.165) is 5.56 Å². The number of rotatable bonds is 5. The number of benzene rings is 1. The van der Waals surface area contributed by atoms with Crippen LogP contribution in [0.25, 0.3) is 0 Å². The summed E-state index contributed by atoms with van der Waals surface area (Å²) in [7, 11) is 2.87. The fourth-order valence-corrected chi connectivity index (χ4v) is 3.01. The van der Waals surface area contributed by atoms with E-state index in [4.69, 9.17) is 14.2 Å². The minimum atomic E-state index is -0.639. The zero-order chi connectivity index (χ0) is 17.0. The van der Waals surface area contributed by atoms with Crippen LogP contribution in [0.15, 0.2) is 41.9 Å². The van der Waals surface area contributed by atoms with Crippen molar-refractivity contribution < 1.29 is 23.8 Å². The normalized spacial score (nSPS) is 24.3. The summed E-state index contributed by atoms with van der Waals surface area (Å²) in [6.45, 7) is 3.18. The molecule has 2 rings (SSSR count). The van der Waals surface area contributed by atoms with Gasteiger partial charge in [0.1, 0.15) is 0 Å². The van der Waals surface area contributed by atoms with Crippen molar-refractivity contribution in [2.75, 3.05) is 14.2 Å². The maximum absolute atomic E-state index is 12.6. The molecule has 0 N–H and O–H groups in total. The van der Waals surface area contributed by atoms with E-state index in [-0.39, 0.29) is 29.1 Å². The summed E-state index contributed by atoms with van der Waals surface area (Å²) in [6, 6.07) is 9.80. The third-order valence-corrected chi connectivity index (χ3v) is 4.18. The van der Waals surface area contributed by atoms with Crippen LogP contribution in [0.1, 0.15) is 19.4 Å². The van der Waals surface area contributed by atoms with E-state index >= 15 is 0 Å². The largest absolute Gasteiger partial charge is 0.493 e. The van der Waals surface area contributed by atoms with Gasteiger partial charge in [-0.2, -0.15) is 0 Å². The lowest BCUT2D eigenvalue weighted by Crippen LogP contribution is -2.43. The Balaban J connectivity index is 2.43. The summed E-state index contributed by atoms with van der Waals surface area (Å²) in [5.74, 6) is -0.674. The number of ether oxygens (including phenoxy) is 3. The van der Waals surface area contributed by atoms with Gasteiger partial charge in [-0.25, -0.2) is 0 Å². The van der Waals surface area contributed by atoms with Crippen molar-refractivity contribution in [3.05, 3.63) is 47.4 Å². The van der Waals surface area contributed by atoms with Crippen LogP contribution in [0.2, 0.25) is 0 Å². The second-order valence-corrected chi connectivity index (χ2v) is 5.64. The number of hydrogen-bond donors (Lipinski definition) is 0. The minimum Gasteiger partial charge on any atom is -0.493 e. The summed E-state index contributed by atoms with van der Waals surface area (Å²) in [5.41, 5.74) is 1.07. The molecule has 1 aromatic rings. The van der Waals surface area contributed by atoms with Crippen LogP contribution >= 0.6 is 0 Å². The molecule has 0 spiro atoms. The number of carbonyl (C=O) groups excluding carboxylic acids is 2. The third-order valence-electron chi connectivity index (χ3n) is 4.18. The maximum atomic E-state index is 12.6. The molecular weight excluding hydrogens is 296 g/mol. The highest BCUT2D eigenvalue weighted by Crippen LogP contribution is 2.36. The Morgan fingerprint density at radius 3 is 2.30 bits per heavy atom. The summed E-state index contributed by atoms with van der Waals surface area (Å²) in [6.07, 6.45) is -0.0319. The fourth-order valence-electron chi connectivity index (χ4n) is 3.01. The minimum absolute atomic E-state index is 0.131. The molecule has 0 bridgehead atoms. The Kier molecular flexibility index (Phi) is 5.42. The molecule has 0 fully saturated rings. The van der Waals surface area contributed by atoms with Crippen molar-refractivity contribution in [2.45, 2.75) is 26.4 Å². The second kappa shape index (κ2) is 7.31. The molecule has 124 valence electrons. The molecule has 3 atom stereocenters. The first-order valence-electron chi connectivity index (χ1n) is 7.57. The topological polar surface area (TPSA) is 61.8 Å². The van der Waals surface area contributed by atoms with Crippen molar-refractivity contribution in [3.63, 3.8) is 0 Å². The lowest BCUT2D eigenvalue weighted by Gasteiger charge is -2.36.